The molecule has 20 heavy (non-hydrogen) atoms. The Morgan fingerprint density at radius 2 is 1.95 bits per heavy atom. The molecule has 0 saturated heterocycles. The van der Waals surface area contributed by atoms with Crippen LogP contribution in [-0.4, -0.2) is 29.4 Å². The maximum atomic E-state index is 12.1. The van der Waals surface area contributed by atoms with Crippen LogP contribution in [0.2, 0.25) is 0 Å². The normalized spacial score (nSPS) is 18.9. The first-order valence-corrected chi connectivity index (χ1v) is 7.94. The van der Waals surface area contributed by atoms with Gasteiger partial charge in [0.15, 0.2) is 0 Å². The molecule has 1 aliphatic carbocycles. The Labute approximate surface area is 123 Å². The van der Waals surface area contributed by atoms with E-state index < -0.39 is 12.0 Å². The fourth-order valence-electron chi connectivity index (χ4n) is 2.23. The summed E-state index contributed by atoms with van der Waals surface area (Å²) in [5, 5.41) is 13.4. The Bertz CT molecular complexity index is 420. The van der Waals surface area contributed by atoms with Crippen molar-refractivity contribution >= 4 is 11.8 Å². The highest BCUT2D eigenvalue weighted by Crippen LogP contribution is 2.31. The van der Waals surface area contributed by atoms with E-state index in [1.165, 1.54) is 11.8 Å². The third kappa shape index (κ3) is 4.43. The lowest BCUT2D eigenvalue weighted by Crippen LogP contribution is -2.46. The molecule has 0 spiro atoms. The summed E-state index contributed by atoms with van der Waals surface area (Å²) in [4.78, 5) is 0.860. The first-order valence-electron chi connectivity index (χ1n) is 6.95. The zero-order chi connectivity index (χ0) is 14.6. The third-order valence-electron chi connectivity index (χ3n) is 3.78. The van der Waals surface area contributed by atoms with E-state index in [2.05, 4.69) is 5.32 Å². The summed E-state index contributed by atoms with van der Waals surface area (Å²) in [5.41, 5.74) is 0.579. The van der Waals surface area contributed by atoms with Crippen LogP contribution >= 0.6 is 11.8 Å². The smallest absolute Gasteiger partial charge is 0.247 e. The van der Waals surface area contributed by atoms with E-state index in [1.54, 1.807) is 0 Å². The van der Waals surface area contributed by atoms with Gasteiger partial charge in [-0.15, -0.1) is 11.8 Å². The van der Waals surface area contributed by atoms with Crippen LogP contribution in [0, 0.1) is 0 Å². The van der Waals surface area contributed by atoms with Crippen molar-refractivity contribution in [3.05, 3.63) is 29.8 Å². The molecule has 1 fully saturated rings. The summed E-state index contributed by atoms with van der Waals surface area (Å²) in [7, 11) is 0. The van der Waals surface area contributed by atoms with Crippen molar-refractivity contribution in [2.75, 3.05) is 12.3 Å². The minimum absolute atomic E-state index is 0.147. The number of nitrogens with one attached hydrogen (secondary N) is 1. The molecule has 0 bridgehead atoms. The Morgan fingerprint density at radius 1 is 1.30 bits per heavy atom. The summed E-state index contributed by atoms with van der Waals surface area (Å²) in [6, 6.07) is 7.80. The fourth-order valence-corrected chi connectivity index (χ4v) is 2.88. The van der Waals surface area contributed by atoms with Crippen LogP contribution < -0.4 is 5.32 Å². The molecule has 1 atom stereocenters. The van der Waals surface area contributed by atoms with Crippen molar-refractivity contribution in [1.82, 2.24) is 5.32 Å². The Kier molecular flexibility index (Phi) is 5.41. The molecule has 0 aromatic heterocycles. The standard InChI is InChI=1S/C15H21F2NOS/c1-11(18-10-15(19)7-2-8-15)12-3-5-13(6-4-12)20-9-14(16)17/h3-6,11,14,18-19H,2,7-10H2,1H3. The van der Waals surface area contributed by atoms with Gasteiger partial charge in [0.05, 0.1) is 11.4 Å². The molecule has 0 heterocycles. The van der Waals surface area contributed by atoms with E-state index in [0.717, 1.165) is 29.7 Å². The Morgan fingerprint density at radius 3 is 2.45 bits per heavy atom. The number of hydrogen-bond donors (Lipinski definition) is 2. The fraction of sp³-hybridized carbons (Fsp3) is 0.600. The number of aliphatic hydroxyl groups is 1. The molecule has 0 radical (unpaired) electrons. The highest BCUT2D eigenvalue weighted by Gasteiger charge is 2.34. The highest BCUT2D eigenvalue weighted by atomic mass is 32.2. The van der Waals surface area contributed by atoms with E-state index in [4.69, 9.17) is 0 Å². The van der Waals surface area contributed by atoms with Gasteiger partial charge in [-0.3, -0.25) is 0 Å². The van der Waals surface area contributed by atoms with Crippen molar-refractivity contribution in [1.29, 1.82) is 0 Å². The Hall–Kier alpha value is -0.650. The van der Waals surface area contributed by atoms with Gasteiger partial charge in [0, 0.05) is 17.5 Å². The predicted molar refractivity (Wildman–Crippen MR) is 78.4 cm³/mol. The minimum Gasteiger partial charge on any atom is -0.389 e. The average molecular weight is 301 g/mol. The first-order chi connectivity index (χ1) is 9.48. The lowest BCUT2D eigenvalue weighted by molar-refractivity contribution is -0.0329. The van der Waals surface area contributed by atoms with Crippen molar-refractivity contribution in [3.63, 3.8) is 0 Å². The molecule has 1 saturated carbocycles. The van der Waals surface area contributed by atoms with Crippen LogP contribution in [0.15, 0.2) is 29.2 Å². The molecular weight excluding hydrogens is 280 g/mol. The summed E-state index contributed by atoms with van der Waals surface area (Å²) >= 11 is 1.17. The second-order valence-corrected chi connectivity index (χ2v) is 6.55. The van der Waals surface area contributed by atoms with Gasteiger partial charge in [-0.25, -0.2) is 8.78 Å². The third-order valence-corrected chi connectivity index (χ3v) is 4.80. The van der Waals surface area contributed by atoms with Gasteiger partial charge in [0.2, 0.25) is 6.43 Å². The van der Waals surface area contributed by atoms with Gasteiger partial charge >= 0.3 is 0 Å². The van der Waals surface area contributed by atoms with Crippen LogP contribution in [-0.2, 0) is 0 Å². The molecule has 1 unspecified atom stereocenters. The van der Waals surface area contributed by atoms with Crippen molar-refractivity contribution in [3.8, 4) is 0 Å². The van der Waals surface area contributed by atoms with Crippen molar-refractivity contribution < 1.29 is 13.9 Å². The number of alkyl halides is 2. The molecule has 2 nitrogen and oxygen atoms in total. The van der Waals surface area contributed by atoms with Crippen LogP contribution in [0.25, 0.3) is 0 Å². The van der Waals surface area contributed by atoms with Gasteiger partial charge in [-0.05, 0) is 43.9 Å². The van der Waals surface area contributed by atoms with E-state index >= 15 is 0 Å². The molecule has 1 aromatic carbocycles. The molecule has 0 aliphatic heterocycles. The van der Waals surface area contributed by atoms with Crippen molar-refractivity contribution in [2.24, 2.45) is 0 Å². The highest BCUT2D eigenvalue weighted by molar-refractivity contribution is 7.99. The molecule has 2 N–H and O–H groups in total. The zero-order valence-electron chi connectivity index (χ0n) is 11.6. The van der Waals surface area contributed by atoms with Gasteiger partial charge in [-0.1, -0.05) is 12.1 Å². The van der Waals surface area contributed by atoms with Crippen LogP contribution in [0.3, 0.4) is 0 Å². The maximum absolute atomic E-state index is 12.1. The van der Waals surface area contributed by atoms with Gasteiger partial charge in [-0.2, -0.15) is 0 Å². The van der Waals surface area contributed by atoms with E-state index in [1.807, 2.05) is 31.2 Å². The minimum atomic E-state index is -2.27. The average Bonchev–Trinajstić information content (AvgIpc) is 2.41. The number of rotatable bonds is 7. The largest absolute Gasteiger partial charge is 0.389 e. The first kappa shape index (κ1) is 15.7. The number of benzene rings is 1. The number of thioether (sulfide) groups is 1. The number of halogens is 2. The maximum Gasteiger partial charge on any atom is 0.247 e. The summed E-state index contributed by atoms with van der Waals surface area (Å²) in [5.74, 6) is -0.166. The monoisotopic (exact) mass is 301 g/mol. The topological polar surface area (TPSA) is 32.3 Å². The van der Waals surface area contributed by atoms with Crippen molar-refractivity contribution in [2.45, 2.75) is 49.2 Å². The van der Waals surface area contributed by atoms with E-state index in [-0.39, 0.29) is 11.8 Å². The van der Waals surface area contributed by atoms with Crippen LogP contribution in [0.4, 0.5) is 8.78 Å². The quantitative estimate of drug-likeness (QED) is 0.755. The summed E-state index contributed by atoms with van der Waals surface area (Å²) in [6.07, 6.45) is 0.567. The van der Waals surface area contributed by atoms with Gasteiger partial charge < -0.3 is 10.4 Å². The summed E-state index contributed by atoms with van der Waals surface area (Å²) in [6.45, 7) is 2.65. The predicted octanol–water partition coefficient (Wildman–Crippen LogP) is 3.61. The van der Waals surface area contributed by atoms with Crippen LogP contribution in [0.5, 0.6) is 0 Å². The molecule has 5 heteroatoms. The summed E-state index contributed by atoms with van der Waals surface area (Å²) < 4.78 is 24.2. The van der Waals surface area contributed by atoms with Gasteiger partial charge in [0.25, 0.3) is 0 Å². The van der Waals surface area contributed by atoms with E-state index in [9.17, 15) is 13.9 Å². The zero-order valence-corrected chi connectivity index (χ0v) is 12.4. The van der Waals surface area contributed by atoms with Gasteiger partial charge in [0.1, 0.15) is 0 Å². The molecule has 0 amide bonds. The molecule has 2 rings (SSSR count). The molecule has 1 aromatic rings. The van der Waals surface area contributed by atoms with Crippen LogP contribution in [0.1, 0.15) is 37.8 Å². The molecule has 112 valence electrons. The Balaban J connectivity index is 1.82. The molecule has 1 aliphatic rings. The SMILES string of the molecule is CC(NCC1(O)CCC1)c1ccc(SCC(F)F)cc1. The number of hydrogen-bond acceptors (Lipinski definition) is 3. The second kappa shape index (κ2) is 6.87. The second-order valence-electron chi connectivity index (χ2n) is 5.45. The lowest BCUT2D eigenvalue weighted by atomic mass is 9.80. The molecular formula is C15H21F2NOS. The lowest BCUT2D eigenvalue weighted by Gasteiger charge is -2.37. The van der Waals surface area contributed by atoms with E-state index in [0.29, 0.717) is 6.54 Å².